The molecule has 76 valence electrons. The predicted molar refractivity (Wildman–Crippen MR) is 63.3 cm³/mol. The molecule has 0 saturated heterocycles. The molecule has 1 aromatic rings. The summed E-state index contributed by atoms with van der Waals surface area (Å²) < 4.78 is 1.24. The Morgan fingerprint density at radius 2 is 2.00 bits per heavy atom. The van der Waals surface area contributed by atoms with Crippen LogP contribution in [-0.2, 0) is 0 Å². The van der Waals surface area contributed by atoms with Crippen molar-refractivity contribution in [2.45, 2.75) is 37.6 Å². The van der Waals surface area contributed by atoms with E-state index in [1.807, 2.05) is 0 Å². The molecule has 0 spiro atoms. The van der Waals surface area contributed by atoms with Gasteiger partial charge in [0.15, 0.2) is 0 Å². The lowest BCUT2D eigenvalue weighted by Crippen LogP contribution is -2.26. The molecule has 1 aromatic carbocycles. The van der Waals surface area contributed by atoms with E-state index in [0.29, 0.717) is 12.0 Å². The Morgan fingerprint density at radius 3 is 2.71 bits per heavy atom. The van der Waals surface area contributed by atoms with E-state index in [4.69, 9.17) is 5.73 Å². The molecule has 1 nitrogen and oxygen atoms in total. The summed E-state index contributed by atoms with van der Waals surface area (Å²) >= 11 is 3.61. The van der Waals surface area contributed by atoms with Crippen LogP contribution in [0.15, 0.2) is 28.7 Å². The molecule has 0 amide bonds. The topological polar surface area (TPSA) is 26.0 Å². The first kappa shape index (κ1) is 10.2. The summed E-state index contributed by atoms with van der Waals surface area (Å²) in [6, 6.07) is 8.92. The molecule has 0 unspecified atom stereocenters. The van der Waals surface area contributed by atoms with Gasteiger partial charge in [0.25, 0.3) is 0 Å². The lowest BCUT2D eigenvalue weighted by atomic mass is 9.82. The van der Waals surface area contributed by atoms with Crippen LogP contribution < -0.4 is 5.73 Å². The Labute approximate surface area is 93.8 Å². The van der Waals surface area contributed by atoms with Gasteiger partial charge in [-0.15, -0.1) is 0 Å². The van der Waals surface area contributed by atoms with Crippen molar-refractivity contribution in [3.05, 3.63) is 34.3 Å². The van der Waals surface area contributed by atoms with Crippen molar-refractivity contribution in [2.24, 2.45) is 5.73 Å². The highest BCUT2D eigenvalue weighted by atomic mass is 79.9. The maximum atomic E-state index is 6.00. The Bertz CT molecular complexity index is 311. The van der Waals surface area contributed by atoms with E-state index in [0.717, 1.165) is 6.42 Å². The van der Waals surface area contributed by atoms with E-state index >= 15 is 0 Å². The molecule has 0 aromatic heterocycles. The molecule has 2 atom stereocenters. The molecule has 0 heterocycles. The second kappa shape index (κ2) is 4.45. The normalized spacial score (nSPS) is 27.6. The lowest BCUT2D eigenvalue weighted by molar-refractivity contribution is 0.392. The molecule has 1 aliphatic rings. The zero-order chi connectivity index (χ0) is 9.97. The van der Waals surface area contributed by atoms with Crippen LogP contribution in [0.4, 0.5) is 0 Å². The fraction of sp³-hybridized carbons (Fsp3) is 0.500. The summed E-state index contributed by atoms with van der Waals surface area (Å²) in [6.45, 7) is 0. The van der Waals surface area contributed by atoms with Gasteiger partial charge in [-0.1, -0.05) is 40.5 Å². The third kappa shape index (κ3) is 2.18. The molecule has 1 fully saturated rings. The average Bonchev–Trinajstić information content (AvgIpc) is 2.18. The van der Waals surface area contributed by atoms with Gasteiger partial charge >= 0.3 is 0 Å². The van der Waals surface area contributed by atoms with Gasteiger partial charge in [0.05, 0.1) is 0 Å². The van der Waals surface area contributed by atoms with Gasteiger partial charge in [-0.25, -0.2) is 0 Å². The van der Waals surface area contributed by atoms with E-state index in [9.17, 15) is 0 Å². The van der Waals surface area contributed by atoms with Gasteiger partial charge in [-0.3, -0.25) is 0 Å². The smallest absolute Gasteiger partial charge is 0.0210 e. The van der Waals surface area contributed by atoms with Crippen molar-refractivity contribution in [1.29, 1.82) is 0 Å². The number of benzene rings is 1. The standard InChI is InChI=1S/C12H16BrN/c13-12-7-2-1-6-11(12)9-4-3-5-10(14)8-9/h1-2,6-7,9-10H,3-5,8,14H2/t9-,10-/m1/s1. The highest BCUT2D eigenvalue weighted by molar-refractivity contribution is 9.10. The molecule has 0 bridgehead atoms. The van der Waals surface area contributed by atoms with Crippen LogP contribution >= 0.6 is 15.9 Å². The van der Waals surface area contributed by atoms with E-state index in [1.54, 1.807) is 0 Å². The second-order valence-electron chi connectivity index (χ2n) is 4.15. The summed E-state index contributed by atoms with van der Waals surface area (Å²) in [5.74, 6) is 0.661. The second-order valence-corrected chi connectivity index (χ2v) is 5.00. The van der Waals surface area contributed by atoms with Crippen LogP contribution in [0.3, 0.4) is 0 Å². The maximum Gasteiger partial charge on any atom is 0.0210 e. The Balaban J connectivity index is 2.18. The molecule has 2 rings (SSSR count). The maximum absolute atomic E-state index is 6.00. The van der Waals surface area contributed by atoms with Gasteiger partial charge in [-0.05, 0) is 36.8 Å². The number of rotatable bonds is 1. The Hall–Kier alpha value is -0.340. The summed E-state index contributed by atoms with van der Waals surface area (Å²) in [4.78, 5) is 0. The quantitative estimate of drug-likeness (QED) is 0.816. The average molecular weight is 254 g/mol. The number of hydrogen-bond acceptors (Lipinski definition) is 1. The minimum atomic E-state index is 0.404. The van der Waals surface area contributed by atoms with Crippen molar-refractivity contribution in [1.82, 2.24) is 0 Å². The van der Waals surface area contributed by atoms with Crippen LogP contribution in [0.5, 0.6) is 0 Å². The van der Waals surface area contributed by atoms with Crippen molar-refractivity contribution in [3.63, 3.8) is 0 Å². The van der Waals surface area contributed by atoms with Crippen molar-refractivity contribution in [2.75, 3.05) is 0 Å². The van der Waals surface area contributed by atoms with Gasteiger partial charge in [0.1, 0.15) is 0 Å². The van der Waals surface area contributed by atoms with Gasteiger partial charge in [-0.2, -0.15) is 0 Å². The van der Waals surface area contributed by atoms with Gasteiger partial charge in [0, 0.05) is 10.5 Å². The first-order valence-electron chi connectivity index (χ1n) is 5.27. The predicted octanol–water partition coefficient (Wildman–Crippen LogP) is 3.43. The molecule has 0 radical (unpaired) electrons. The summed E-state index contributed by atoms with van der Waals surface area (Å²) in [6.07, 6.45) is 4.90. The minimum absolute atomic E-state index is 0.404. The number of halogens is 1. The van der Waals surface area contributed by atoms with Crippen LogP contribution in [-0.4, -0.2) is 6.04 Å². The summed E-state index contributed by atoms with van der Waals surface area (Å²) in [5.41, 5.74) is 7.43. The van der Waals surface area contributed by atoms with E-state index < -0.39 is 0 Å². The van der Waals surface area contributed by atoms with Gasteiger partial charge < -0.3 is 5.73 Å². The van der Waals surface area contributed by atoms with Gasteiger partial charge in [0.2, 0.25) is 0 Å². The molecule has 14 heavy (non-hydrogen) atoms. The number of nitrogens with two attached hydrogens (primary N) is 1. The van der Waals surface area contributed by atoms with E-state index in [1.165, 1.54) is 29.3 Å². The highest BCUT2D eigenvalue weighted by Crippen LogP contribution is 2.35. The van der Waals surface area contributed by atoms with E-state index in [2.05, 4.69) is 40.2 Å². The Kier molecular flexibility index (Phi) is 3.24. The SMILES string of the molecule is N[C@@H]1CCC[C@@H](c2ccccc2Br)C1. The first-order valence-corrected chi connectivity index (χ1v) is 6.06. The van der Waals surface area contributed by atoms with Crippen molar-refractivity contribution >= 4 is 15.9 Å². The molecule has 0 aliphatic heterocycles. The molecular weight excluding hydrogens is 238 g/mol. The third-order valence-electron chi connectivity index (χ3n) is 3.06. The fourth-order valence-corrected chi connectivity index (χ4v) is 2.92. The summed E-state index contributed by atoms with van der Waals surface area (Å²) in [7, 11) is 0. The van der Waals surface area contributed by atoms with Crippen LogP contribution in [0, 0.1) is 0 Å². The fourth-order valence-electron chi connectivity index (χ4n) is 2.32. The minimum Gasteiger partial charge on any atom is -0.328 e. The third-order valence-corrected chi connectivity index (χ3v) is 3.78. The number of hydrogen-bond donors (Lipinski definition) is 1. The summed E-state index contributed by atoms with van der Waals surface area (Å²) in [5, 5.41) is 0. The van der Waals surface area contributed by atoms with Crippen LogP contribution in [0.25, 0.3) is 0 Å². The first-order chi connectivity index (χ1) is 6.77. The van der Waals surface area contributed by atoms with Crippen molar-refractivity contribution in [3.8, 4) is 0 Å². The Morgan fingerprint density at radius 1 is 1.21 bits per heavy atom. The van der Waals surface area contributed by atoms with Crippen molar-refractivity contribution < 1.29 is 0 Å². The zero-order valence-electron chi connectivity index (χ0n) is 8.25. The highest BCUT2D eigenvalue weighted by Gasteiger charge is 2.21. The molecule has 2 N–H and O–H groups in total. The zero-order valence-corrected chi connectivity index (χ0v) is 9.83. The monoisotopic (exact) mass is 253 g/mol. The molecule has 2 heteroatoms. The van der Waals surface area contributed by atoms with Crippen LogP contribution in [0.1, 0.15) is 37.2 Å². The molecule has 1 aliphatic carbocycles. The van der Waals surface area contributed by atoms with E-state index in [-0.39, 0.29) is 0 Å². The largest absolute Gasteiger partial charge is 0.328 e. The molecule has 1 saturated carbocycles. The van der Waals surface area contributed by atoms with Crippen LogP contribution in [0.2, 0.25) is 0 Å². The molecular formula is C12H16BrN. The lowest BCUT2D eigenvalue weighted by Gasteiger charge is -2.27.